The van der Waals surface area contributed by atoms with E-state index in [1.54, 1.807) is 19.2 Å². The van der Waals surface area contributed by atoms with Gasteiger partial charge in [-0.1, -0.05) is 12.1 Å². The number of rotatable bonds is 10. The molecule has 0 amide bonds. The average Bonchev–Trinajstić information content (AvgIpc) is 3.06. The number of aromatic nitrogens is 2. The first-order chi connectivity index (χ1) is 15.3. The summed E-state index contributed by atoms with van der Waals surface area (Å²) in [6, 6.07) is 9.43. The summed E-state index contributed by atoms with van der Waals surface area (Å²) in [6.45, 7) is 5.38. The van der Waals surface area contributed by atoms with Crippen molar-refractivity contribution in [1.29, 1.82) is 0 Å². The van der Waals surface area contributed by atoms with Crippen molar-refractivity contribution in [3.05, 3.63) is 59.9 Å². The van der Waals surface area contributed by atoms with Crippen molar-refractivity contribution >= 4 is 33.1 Å². The van der Waals surface area contributed by atoms with Gasteiger partial charge in [-0.2, -0.15) is 0 Å². The molecule has 1 aromatic carbocycles. The molecular weight excluding hydrogens is 424 g/mol. The Bertz CT molecular complexity index is 1100. The standard InChI is InChI=1S/C25H32N2O4S/c1-6-30-23(28)11-10-20-8-7-9-21(16-20)31-22-12-13-26-25-24(22)19(2)17-27(25)18-29-14-15-32(3,4)5/h7-13,16-17H,6,14-15,18H2,1-5H3/b11-10+. The molecule has 3 aromatic rings. The van der Waals surface area contributed by atoms with Crippen molar-refractivity contribution in [3.63, 3.8) is 0 Å². The smallest absolute Gasteiger partial charge is 0.330 e. The van der Waals surface area contributed by atoms with E-state index in [9.17, 15) is 4.79 Å². The predicted octanol–water partition coefficient (Wildman–Crippen LogP) is 5.38. The van der Waals surface area contributed by atoms with Gasteiger partial charge in [-0.15, -0.1) is 0 Å². The molecule has 0 N–H and O–H groups in total. The van der Waals surface area contributed by atoms with Crippen molar-refractivity contribution in [2.75, 3.05) is 37.7 Å². The van der Waals surface area contributed by atoms with E-state index in [4.69, 9.17) is 14.2 Å². The van der Waals surface area contributed by atoms with Crippen LogP contribution in [0.5, 0.6) is 11.5 Å². The van der Waals surface area contributed by atoms with Gasteiger partial charge in [0.15, 0.2) is 0 Å². The molecule has 6 nitrogen and oxygen atoms in total. The van der Waals surface area contributed by atoms with Gasteiger partial charge in [0.2, 0.25) is 0 Å². The highest BCUT2D eigenvalue weighted by Gasteiger charge is 2.13. The summed E-state index contributed by atoms with van der Waals surface area (Å²) in [7, 11) is -0.573. The van der Waals surface area contributed by atoms with Crippen molar-refractivity contribution in [2.24, 2.45) is 0 Å². The molecule has 3 rings (SSSR count). The second kappa shape index (κ2) is 10.7. The van der Waals surface area contributed by atoms with Gasteiger partial charge in [0.25, 0.3) is 0 Å². The highest BCUT2D eigenvalue weighted by Crippen LogP contribution is 2.34. The van der Waals surface area contributed by atoms with Crippen LogP contribution in [0.2, 0.25) is 0 Å². The maximum Gasteiger partial charge on any atom is 0.330 e. The van der Waals surface area contributed by atoms with Gasteiger partial charge in [-0.3, -0.25) is 0 Å². The molecule has 0 aliphatic carbocycles. The lowest BCUT2D eigenvalue weighted by Gasteiger charge is -2.24. The molecule has 7 heteroatoms. The molecule has 0 bridgehead atoms. The summed E-state index contributed by atoms with van der Waals surface area (Å²) in [5.74, 6) is 2.13. The number of nitrogens with zero attached hydrogens (tertiary/aromatic N) is 2. The van der Waals surface area contributed by atoms with Crippen LogP contribution in [0.15, 0.2) is 48.8 Å². The van der Waals surface area contributed by atoms with Crippen LogP contribution < -0.4 is 4.74 Å². The molecule has 0 saturated heterocycles. The van der Waals surface area contributed by atoms with Gasteiger partial charge in [-0.25, -0.2) is 19.8 Å². The number of pyridine rings is 1. The zero-order valence-corrected chi connectivity index (χ0v) is 20.3. The Kier molecular flexibility index (Phi) is 7.99. The van der Waals surface area contributed by atoms with Crippen molar-refractivity contribution in [2.45, 2.75) is 20.6 Å². The fourth-order valence-corrected chi connectivity index (χ4v) is 3.82. The lowest BCUT2D eigenvalue weighted by Crippen LogP contribution is -2.09. The van der Waals surface area contributed by atoms with Gasteiger partial charge >= 0.3 is 5.97 Å². The molecule has 0 unspecified atom stereocenters. The number of hydrogen-bond acceptors (Lipinski definition) is 5. The largest absolute Gasteiger partial charge is 0.463 e. The Labute approximate surface area is 191 Å². The Morgan fingerprint density at radius 3 is 2.78 bits per heavy atom. The van der Waals surface area contributed by atoms with Crippen molar-refractivity contribution in [3.8, 4) is 11.5 Å². The van der Waals surface area contributed by atoms with Gasteiger partial charge in [-0.05, 0) is 68.0 Å². The third-order valence-corrected chi connectivity index (χ3v) is 6.15. The summed E-state index contributed by atoms with van der Waals surface area (Å²) in [5.41, 5.74) is 2.76. The molecule has 172 valence electrons. The maximum atomic E-state index is 11.6. The molecule has 32 heavy (non-hydrogen) atoms. The fourth-order valence-electron chi connectivity index (χ4n) is 3.20. The summed E-state index contributed by atoms with van der Waals surface area (Å²) in [5, 5.41) is 0.963. The number of carbonyl (C=O) groups excluding carboxylic acids is 1. The zero-order valence-electron chi connectivity index (χ0n) is 19.5. The van der Waals surface area contributed by atoms with Gasteiger partial charge < -0.3 is 18.8 Å². The van der Waals surface area contributed by atoms with E-state index in [1.807, 2.05) is 48.0 Å². The summed E-state index contributed by atoms with van der Waals surface area (Å²) < 4.78 is 19.1. The molecule has 0 aliphatic rings. The topological polar surface area (TPSA) is 62.6 Å². The lowest BCUT2D eigenvalue weighted by molar-refractivity contribution is -0.137. The van der Waals surface area contributed by atoms with Crippen LogP contribution >= 0.6 is 10.0 Å². The van der Waals surface area contributed by atoms with Crippen molar-refractivity contribution in [1.82, 2.24) is 9.55 Å². The van der Waals surface area contributed by atoms with Crippen LogP contribution in [0.4, 0.5) is 0 Å². The van der Waals surface area contributed by atoms with Crippen LogP contribution in [0.3, 0.4) is 0 Å². The second-order valence-corrected chi connectivity index (χ2v) is 13.0. The first kappa shape index (κ1) is 23.9. The Hall–Kier alpha value is -2.77. The summed E-state index contributed by atoms with van der Waals surface area (Å²) >= 11 is 0. The number of benzene rings is 1. The zero-order chi connectivity index (χ0) is 23.1. The molecule has 2 aromatic heterocycles. The van der Waals surface area contributed by atoms with Gasteiger partial charge in [0, 0.05) is 24.2 Å². The minimum Gasteiger partial charge on any atom is -0.463 e. The number of esters is 1. The van der Waals surface area contributed by atoms with Crippen LogP contribution in [-0.2, 0) is 21.0 Å². The second-order valence-electron chi connectivity index (χ2n) is 8.38. The maximum absolute atomic E-state index is 11.6. The van der Waals surface area contributed by atoms with Gasteiger partial charge in [0.05, 0.1) is 18.6 Å². The normalized spacial score (nSPS) is 12.4. The molecule has 0 atom stereocenters. The minimum atomic E-state index is -0.573. The highest BCUT2D eigenvalue weighted by atomic mass is 32.3. The van der Waals surface area contributed by atoms with Crippen LogP contribution in [0, 0.1) is 6.92 Å². The molecule has 0 fully saturated rings. The number of aryl methyl sites for hydroxylation is 1. The van der Waals surface area contributed by atoms with E-state index in [1.165, 1.54) is 6.08 Å². The first-order valence-corrected chi connectivity index (χ1v) is 13.6. The number of fused-ring (bicyclic) bond motifs is 1. The molecule has 0 saturated carbocycles. The van der Waals surface area contributed by atoms with E-state index < -0.39 is 10.0 Å². The van der Waals surface area contributed by atoms with E-state index >= 15 is 0 Å². The van der Waals surface area contributed by atoms with Crippen LogP contribution in [0.1, 0.15) is 18.1 Å². The average molecular weight is 457 g/mol. The SMILES string of the molecule is CCOC(=O)/C=C/c1cccc(Oc2ccnc3c2c(C)cn3COCCS(C)(C)C)c1. The van der Waals surface area contributed by atoms with E-state index in [2.05, 4.69) is 23.8 Å². The Morgan fingerprint density at radius 1 is 1.22 bits per heavy atom. The summed E-state index contributed by atoms with van der Waals surface area (Å²) in [6.07, 6.45) is 13.8. The van der Waals surface area contributed by atoms with Crippen LogP contribution in [0.25, 0.3) is 17.1 Å². The summed E-state index contributed by atoms with van der Waals surface area (Å²) in [4.78, 5) is 16.1. The monoisotopic (exact) mass is 456 g/mol. The lowest BCUT2D eigenvalue weighted by atomic mass is 10.2. The van der Waals surface area contributed by atoms with E-state index in [0.29, 0.717) is 19.1 Å². The Balaban J connectivity index is 1.76. The Morgan fingerprint density at radius 2 is 2.03 bits per heavy atom. The third kappa shape index (κ3) is 6.61. The van der Waals surface area contributed by atoms with Crippen LogP contribution in [-0.4, -0.2) is 53.3 Å². The molecule has 2 heterocycles. The number of hydrogen-bond donors (Lipinski definition) is 0. The number of carbonyl (C=O) groups is 1. The fraction of sp³-hybridized carbons (Fsp3) is 0.360. The quantitative estimate of drug-likeness (QED) is 0.233. The van der Waals surface area contributed by atoms with E-state index in [0.717, 1.165) is 40.3 Å². The van der Waals surface area contributed by atoms with Crippen molar-refractivity contribution < 1.29 is 19.0 Å². The predicted molar refractivity (Wildman–Crippen MR) is 133 cm³/mol. The third-order valence-electron chi connectivity index (χ3n) is 4.76. The number of ether oxygens (including phenoxy) is 3. The molecule has 0 aliphatic heterocycles. The van der Waals surface area contributed by atoms with Gasteiger partial charge in [0.1, 0.15) is 23.9 Å². The highest BCUT2D eigenvalue weighted by molar-refractivity contribution is 8.32. The molecular formula is C25H32N2O4S. The first-order valence-electron chi connectivity index (χ1n) is 10.6. The molecule has 0 spiro atoms. The minimum absolute atomic E-state index is 0.353. The molecule has 0 radical (unpaired) electrons. The van der Waals surface area contributed by atoms with E-state index in [-0.39, 0.29) is 5.97 Å².